The van der Waals surface area contributed by atoms with Crippen molar-refractivity contribution in [1.29, 1.82) is 0 Å². The molecule has 0 spiro atoms. The molecule has 0 N–H and O–H groups in total. The molecule has 2 heterocycles. The Bertz CT molecular complexity index is 2030. The first kappa shape index (κ1) is 43.2. The lowest BCUT2D eigenvalue weighted by molar-refractivity contribution is -0.356. The van der Waals surface area contributed by atoms with Gasteiger partial charge in [-0.05, 0) is 51.8 Å². The van der Waals surface area contributed by atoms with Crippen LogP contribution < -0.4 is 10.4 Å². The molecule has 0 aromatic heterocycles. The monoisotopic (exact) mass is 835 g/mol. The SMILES string of the molecule is COC(=O)CO[C@@H]1C(N=[N+]=[N-])C(O[C@@H]2[C@@H](O[Si](c3ccccc3)(c3ccccc3)C(C)(C)C)[C@H](C)CC[C@H]2OC(=O)c2ccccc2)OC2COC(c3ccccc3)O[C@H]21. The minimum Gasteiger partial charge on any atom is -0.467 e. The molecule has 3 fully saturated rings. The van der Waals surface area contributed by atoms with E-state index in [1.54, 1.807) is 24.3 Å². The number of hydrogen-bond donors (Lipinski definition) is 0. The van der Waals surface area contributed by atoms with Crippen LogP contribution in [0.2, 0.25) is 5.04 Å². The highest BCUT2D eigenvalue weighted by molar-refractivity contribution is 6.99. The van der Waals surface area contributed by atoms with Gasteiger partial charge < -0.3 is 37.6 Å². The summed E-state index contributed by atoms with van der Waals surface area (Å²) >= 11 is 0. The van der Waals surface area contributed by atoms with E-state index < -0.39 is 87.1 Å². The van der Waals surface area contributed by atoms with Crippen molar-refractivity contribution < 1.29 is 47.2 Å². The number of esters is 2. The maximum Gasteiger partial charge on any atom is 0.338 e. The van der Waals surface area contributed by atoms with Crippen molar-refractivity contribution in [2.45, 2.75) is 101 Å². The molecule has 2 saturated heterocycles. The molecule has 0 amide bonds. The highest BCUT2D eigenvalue weighted by Gasteiger charge is 2.57. The highest BCUT2D eigenvalue weighted by Crippen LogP contribution is 2.44. The fourth-order valence-electron chi connectivity index (χ4n) is 8.64. The molecule has 2 aliphatic heterocycles. The van der Waals surface area contributed by atoms with Crippen molar-refractivity contribution in [3.8, 4) is 0 Å². The second kappa shape index (κ2) is 19.2. The molecule has 4 aromatic rings. The van der Waals surface area contributed by atoms with E-state index in [-0.39, 0.29) is 12.5 Å². The van der Waals surface area contributed by atoms with Crippen LogP contribution in [-0.2, 0) is 42.4 Å². The number of benzene rings is 4. The normalized spacial score (nSPS) is 28.1. The maximum atomic E-state index is 13.9. The van der Waals surface area contributed by atoms with E-state index in [2.05, 4.69) is 62.0 Å². The Morgan fingerprint density at radius 3 is 2.00 bits per heavy atom. The Hall–Kier alpha value is -4.89. The summed E-state index contributed by atoms with van der Waals surface area (Å²) in [6.07, 6.45) is -5.97. The van der Waals surface area contributed by atoms with Crippen molar-refractivity contribution in [3.05, 3.63) is 143 Å². The molecule has 14 heteroatoms. The van der Waals surface area contributed by atoms with E-state index in [1.807, 2.05) is 72.8 Å². The van der Waals surface area contributed by atoms with Crippen molar-refractivity contribution in [2.75, 3.05) is 20.3 Å². The number of nitrogens with zero attached hydrogens (tertiary/aromatic N) is 3. The van der Waals surface area contributed by atoms with Gasteiger partial charge in [0.25, 0.3) is 8.32 Å². The number of fused-ring (bicyclic) bond motifs is 1. The smallest absolute Gasteiger partial charge is 0.338 e. The minimum atomic E-state index is -3.22. The van der Waals surface area contributed by atoms with Crippen molar-refractivity contribution in [1.82, 2.24) is 0 Å². The van der Waals surface area contributed by atoms with Gasteiger partial charge in [0.05, 0.1) is 25.4 Å². The van der Waals surface area contributed by atoms with Gasteiger partial charge in [0, 0.05) is 10.5 Å². The number of carbonyl (C=O) groups is 2. The number of methoxy groups -OCH3 is 1. The summed E-state index contributed by atoms with van der Waals surface area (Å²) in [5.74, 6) is -1.23. The van der Waals surface area contributed by atoms with E-state index in [1.165, 1.54) is 7.11 Å². The highest BCUT2D eigenvalue weighted by atomic mass is 28.4. The van der Waals surface area contributed by atoms with Gasteiger partial charge >= 0.3 is 11.9 Å². The topological polar surface area (TPSA) is 157 Å². The van der Waals surface area contributed by atoms with Crippen LogP contribution in [0.5, 0.6) is 0 Å². The van der Waals surface area contributed by atoms with Gasteiger partial charge in [0.1, 0.15) is 43.2 Å². The van der Waals surface area contributed by atoms with Crippen molar-refractivity contribution in [2.24, 2.45) is 11.0 Å². The number of rotatable bonds is 13. The summed E-state index contributed by atoms with van der Waals surface area (Å²) in [5.41, 5.74) is 11.2. The Morgan fingerprint density at radius 1 is 0.817 bits per heavy atom. The van der Waals surface area contributed by atoms with Gasteiger partial charge in [0.15, 0.2) is 12.6 Å². The minimum absolute atomic E-state index is 0.0701. The van der Waals surface area contributed by atoms with Crippen LogP contribution in [0.3, 0.4) is 0 Å². The lowest BCUT2D eigenvalue weighted by atomic mass is 9.83. The van der Waals surface area contributed by atoms with E-state index in [4.69, 9.17) is 37.6 Å². The third-order valence-electron chi connectivity index (χ3n) is 11.6. The summed E-state index contributed by atoms with van der Waals surface area (Å²) < 4.78 is 51.8. The number of carbonyl (C=O) groups excluding carboxylic acids is 2. The molecule has 4 unspecified atom stereocenters. The maximum absolute atomic E-state index is 13.9. The molecule has 4 aromatic carbocycles. The fraction of sp³-hybridized carbons (Fsp3) is 0.435. The van der Waals surface area contributed by atoms with E-state index in [9.17, 15) is 15.1 Å². The summed E-state index contributed by atoms with van der Waals surface area (Å²) in [4.78, 5) is 29.6. The van der Waals surface area contributed by atoms with Gasteiger partial charge in [-0.15, -0.1) is 0 Å². The number of azide groups is 1. The molecule has 316 valence electrons. The lowest BCUT2D eigenvalue weighted by Gasteiger charge is -2.52. The van der Waals surface area contributed by atoms with Crippen LogP contribution in [0.1, 0.15) is 62.7 Å². The van der Waals surface area contributed by atoms with Gasteiger partial charge in [-0.1, -0.05) is 142 Å². The molecule has 3 aliphatic rings. The van der Waals surface area contributed by atoms with Crippen LogP contribution >= 0.6 is 0 Å². The molecule has 1 aliphatic carbocycles. The van der Waals surface area contributed by atoms with E-state index in [0.717, 1.165) is 15.9 Å². The van der Waals surface area contributed by atoms with Gasteiger partial charge in [-0.2, -0.15) is 0 Å². The van der Waals surface area contributed by atoms with Gasteiger partial charge in [-0.25, -0.2) is 9.59 Å². The molecule has 13 nitrogen and oxygen atoms in total. The molecular weight excluding hydrogens is 783 g/mol. The van der Waals surface area contributed by atoms with E-state index in [0.29, 0.717) is 18.4 Å². The fourth-order valence-corrected chi connectivity index (χ4v) is 13.4. The zero-order valence-corrected chi connectivity index (χ0v) is 35.6. The molecule has 0 bridgehead atoms. The summed E-state index contributed by atoms with van der Waals surface area (Å²) in [6, 6.07) is 37.6. The average molecular weight is 836 g/mol. The zero-order chi connectivity index (χ0) is 42.3. The Morgan fingerprint density at radius 2 is 1.42 bits per heavy atom. The Kier molecular flexibility index (Phi) is 13.8. The van der Waals surface area contributed by atoms with Crippen LogP contribution in [0.4, 0.5) is 0 Å². The Balaban J connectivity index is 1.30. The zero-order valence-electron chi connectivity index (χ0n) is 34.6. The predicted octanol–water partition coefficient (Wildman–Crippen LogP) is 7.05. The molecule has 60 heavy (non-hydrogen) atoms. The second-order valence-corrected chi connectivity index (χ2v) is 20.7. The first-order chi connectivity index (χ1) is 29.0. The predicted molar refractivity (Wildman–Crippen MR) is 225 cm³/mol. The molecule has 10 atom stereocenters. The van der Waals surface area contributed by atoms with Gasteiger partial charge in [0.2, 0.25) is 0 Å². The Labute approximate surface area is 351 Å². The molecule has 0 radical (unpaired) electrons. The first-order valence-corrected chi connectivity index (χ1v) is 22.4. The van der Waals surface area contributed by atoms with Crippen LogP contribution in [0.25, 0.3) is 10.4 Å². The average Bonchev–Trinajstić information content (AvgIpc) is 3.27. The molecular formula is C46H53N3O10Si. The summed E-state index contributed by atoms with van der Waals surface area (Å²) in [5, 5.41) is 5.93. The van der Waals surface area contributed by atoms with Crippen LogP contribution in [0, 0.1) is 5.92 Å². The van der Waals surface area contributed by atoms with Gasteiger partial charge in [-0.3, -0.25) is 0 Å². The third-order valence-corrected chi connectivity index (χ3v) is 16.7. The van der Waals surface area contributed by atoms with Crippen molar-refractivity contribution >= 4 is 30.6 Å². The molecule has 1 saturated carbocycles. The van der Waals surface area contributed by atoms with Crippen molar-refractivity contribution in [3.63, 3.8) is 0 Å². The third kappa shape index (κ3) is 9.21. The quantitative estimate of drug-likeness (QED) is 0.0450. The number of ether oxygens (including phenoxy) is 7. The van der Waals surface area contributed by atoms with Crippen LogP contribution in [-0.4, -0.2) is 89.5 Å². The molecule has 7 rings (SSSR count). The second-order valence-electron chi connectivity index (χ2n) is 16.5. The summed E-state index contributed by atoms with van der Waals surface area (Å²) in [6.45, 7) is 8.34. The van der Waals surface area contributed by atoms with Crippen LogP contribution in [0.15, 0.2) is 126 Å². The number of hydrogen-bond acceptors (Lipinski definition) is 11. The standard InChI is InChI=1S/C46H53N3O10Si/c1-30-26-27-35(55-43(51)31-18-10-6-11-19-31)40(39(30)59-60(46(2,3)4,33-22-14-8-15-23-33)34-24-16-9-17-25-34)58-45-38(48-49-47)42(53-29-37(50)52-5)41-36(56-45)28-54-44(57-41)32-20-12-7-13-21-32/h6-25,30,35-36,38-42,44-45H,26-29H2,1-5H3/t30-,35-,36?,38?,39+,40+,41-,42-,44?,45?/m1/s1. The lowest BCUT2D eigenvalue weighted by Crippen LogP contribution is -2.70. The summed E-state index contributed by atoms with van der Waals surface area (Å²) in [7, 11) is -1.96. The first-order valence-electron chi connectivity index (χ1n) is 20.4. The van der Waals surface area contributed by atoms with E-state index >= 15 is 0 Å². The largest absolute Gasteiger partial charge is 0.467 e.